The standard InChI is InChI=1S/C27H31F2N3O3/c1-17-4-2-3-5-22(17)18-6-9-21(10-7-18)31-13-12-20(15-31)30-26(33)32-25(16-35-27(32)34)19-8-11-23(28)24(29)14-19/h2-5,8,11,14,18,20-21,25H,6-7,9-10,12-13,15-16H2,1H3,(H,30,33)/t18?,20-,21?,25?/m1/s1. The molecule has 3 aliphatic rings. The van der Waals surface area contributed by atoms with E-state index in [1.165, 1.54) is 30.0 Å². The number of amides is 3. The minimum Gasteiger partial charge on any atom is -0.446 e. The van der Waals surface area contributed by atoms with Gasteiger partial charge in [0, 0.05) is 25.2 Å². The van der Waals surface area contributed by atoms with Gasteiger partial charge in [-0.15, -0.1) is 0 Å². The van der Waals surface area contributed by atoms with Crippen molar-refractivity contribution in [1.29, 1.82) is 0 Å². The lowest BCUT2D eigenvalue weighted by Crippen LogP contribution is -2.47. The van der Waals surface area contributed by atoms with Crippen LogP contribution in [0.3, 0.4) is 0 Å². The Bertz CT molecular complexity index is 1100. The molecule has 0 radical (unpaired) electrons. The van der Waals surface area contributed by atoms with E-state index in [0.717, 1.165) is 49.4 Å². The third-order valence-corrected chi connectivity index (χ3v) is 7.81. The van der Waals surface area contributed by atoms with Crippen LogP contribution < -0.4 is 5.32 Å². The molecular formula is C27H31F2N3O3. The molecule has 2 atom stereocenters. The van der Waals surface area contributed by atoms with Gasteiger partial charge in [-0.25, -0.2) is 23.3 Å². The third kappa shape index (κ3) is 4.89. The monoisotopic (exact) mass is 483 g/mol. The zero-order chi connectivity index (χ0) is 24.5. The zero-order valence-corrected chi connectivity index (χ0v) is 19.9. The van der Waals surface area contributed by atoms with Crippen LogP contribution in [0.4, 0.5) is 18.4 Å². The fraction of sp³-hybridized carbons (Fsp3) is 0.481. The molecule has 2 aromatic carbocycles. The van der Waals surface area contributed by atoms with Crippen molar-refractivity contribution in [2.45, 2.75) is 63.1 Å². The number of hydrogen-bond acceptors (Lipinski definition) is 4. The highest BCUT2D eigenvalue weighted by Gasteiger charge is 2.41. The van der Waals surface area contributed by atoms with Gasteiger partial charge in [0.15, 0.2) is 11.6 Å². The summed E-state index contributed by atoms with van der Waals surface area (Å²) >= 11 is 0. The number of ether oxygens (including phenoxy) is 1. The van der Waals surface area contributed by atoms with Crippen LogP contribution in [0.15, 0.2) is 42.5 Å². The van der Waals surface area contributed by atoms with Gasteiger partial charge in [0.05, 0.1) is 0 Å². The van der Waals surface area contributed by atoms with Crippen LogP contribution >= 0.6 is 0 Å². The lowest BCUT2D eigenvalue weighted by Gasteiger charge is -2.35. The van der Waals surface area contributed by atoms with Crippen molar-refractivity contribution in [2.75, 3.05) is 19.7 Å². The maximum Gasteiger partial charge on any atom is 0.418 e. The SMILES string of the molecule is Cc1ccccc1C1CCC(N2CC[C@@H](NC(=O)N3C(=O)OCC3c3ccc(F)c(F)c3)C2)CC1. The summed E-state index contributed by atoms with van der Waals surface area (Å²) in [4.78, 5) is 28.7. The number of likely N-dealkylation sites (tertiary alicyclic amines) is 1. The Balaban J connectivity index is 1.16. The van der Waals surface area contributed by atoms with Crippen molar-refractivity contribution in [3.05, 3.63) is 70.8 Å². The van der Waals surface area contributed by atoms with E-state index in [1.54, 1.807) is 0 Å². The first-order valence-electron chi connectivity index (χ1n) is 12.4. The number of rotatable bonds is 4. The highest BCUT2D eigenvalue weighted by atomic mass is 19.2. The number of cyclic esters (lactones) is 1. The van der Waals surface area contributed by atoms with Gasteiger partial charge in [0.2, 0.25) is 0 Å². The molecule has 8 heteroatoms. The van der Waals surface area contributed by atoms with Gasteiger partial charge in [-0.1, -0.05) is 30.3 Å². The number of benzene rings is 2. The minimum absolute atomic E-state index is 0.0735. The molecule has 2 aromatic rings. The van der Waals surface area contributed by atoms with Gasteiger partial charge < -0.3 is 10.1 Å². The number of carbonyl (C=O) groups excluding carboxylic acids is 2. The summed E-state index contributed by atoms with van der Waals surface area (Å²) < 4.78 is 32.1. The Morgan fingerprint density at radius 2 is 1.80 bits per heavy atom. The van der Waals surface area contributed by atoms with E-state index in [9.17, 15) is 18.4 Å². The highest BCUT2D eigenvalue weighted by molar-refractivity contribution is 5.92. The normalized spacial score (nSPS) is 27.2. The van der Waals surface area contributed by atoms with Crippen LogP contribution in [0.2, 0.25) is 0 Å². The molecule has 3 fully saturated rings. The maximum atomic E-state index is 13.7. The summed E-state index contributed by atoms with van der Waals surface area (Å²) in [6, 6.07) is 11.1. The molecule has 186 valence electrons. The summed E-state index contributed by atoms with van der Waals surface area (Å²) in [5.74, 6) is -1.39. The quantitative estimate of drug-likeness (QED) is 0.643. The summed E-state index contributed by atoms with van der Waals surface area (Å²) in [6.07, 6.45) is 4.63. The molecule has 3 amide bonds. The van der Waals surface area contributed by atoms with Crippen LogP contribution in [0, 0.1) is 18.6 Å². The van der Waals surface area contributed by atoms with Gasteiger partial charge in [-0.3, -0.25) is 4.90 Å². The van der Waals surface area contributed by atoms with Gasteiger partial charge in [-0.05, 0) is 73.8 Å². The van der Waals surface area contributed by atoms with Crippen molar-refractivity contribution >= 4 is 12.1 Å². The highest BCUT2D eigenvalue weighted by Crippen LogP contribution is 2.37. The molecule has 0 bridgehead atoms. The van der Waals surface area contributed by atoms with Crippen molar-refractivity contribution < 1.29 is 23.1 Å². The second-order valence-corrected chi connectivity index (χ2v) is 9.93. The summed E-state index contributed by atoms with van der Waals surface area (Å²) in [5, 5.41) is 2.96. The van der Waals surface area contributed by atoms with Crippen molar-refractivity contribution in [1.82, 2.24) is 15.1 Å². The Hall–Kier alpha value is -3.00. The van der Waals surface area contributed by atoms with Gasteiger partial charge in [0.1, 0.15) is 12.6 Å². The van der Waals surface area contributed by atoms with E-state index in [4.69, 9.17) is 4.74 Å². The van der Waals surface area contributed by atoms with Crippen molar-refractivity contribution in [3.8, 4) is 0 Å². The molecule has 2 saturated heterocycles. The number of carbonyl (C=O) groups is 2. The molecule has 1 N–H and O–H groups in total. The molecule has 35 heavy (non-hydrogen) atoms. The Kier molecular flexibility index (Phi) is 6.73. The predicted molar refractivity (Wildman–Crippen MR) is 127 cm³/mol. The number of aryl methyl sites for hydroxylation is 1. The number of nitrogens with zero attached hydrogens (tertiary/aromatic N) is 2. The van der Waals surface area contributed by atoms with E-state index in [-0.39, 0.29) is 12.6 Å². The minimum atomic E-state index is -1.02. The average Bonchev–Trinajstić information content (AvgIpc) is 3.48. The number of urea groups is 1. The average molecular weight is 484 g/mol. The smallest absolute Gasteiger partial charge is 0.418 e. The van der Waals surface area contributed by atoms with Crippen LogP contribution in [0.25, 0.3) is 0 Å². The molecule has 0 aromatic heterocycles. The Morgan fingerprint density at radius 1 is 1.03 bits per heavy atom. The number of nitrogens with one attached hydrogen (secondary N) is 1. The van der Waals surface area contributed by atoms with Gasteiger partial charge in [-0.2, -0.15) is 0 Å². The van der Waals surface area contributed by atoms with Crippen molar-refractivity contribution in [3.63, 3.8) is 0 Å². The molecule has 2 heterocycles. The van der Waals surface area contributed by atoms with Crippen LogP contribution in [0.5, 0.6) is 0 Å². The van der Waals surface area contributed by atoms with Crippen LogP contribution in [0.1, 0.15) is 60.8 Å². The van der Waals surface area contributed by atoms with E-state index in [1.807, 2.05) is 0 Å². The van der Waals surface area contributed by atoms with E-state index >= 15 is 0 Å². The largest absolute Gasteiger partial charge is 0.446 e. The summed E-state index contributed by atoms with van der Waals surface area (Å²) in [6.45, 7) is 3.74. The first kappa shape index (κ1) is 23.7. The molecular weight excluding hydrogens is 452 g/mol. The van der Waals surface area contributed by atoms with E-state index in [2.05, 4.69) is 41.4 Å². The van der Waals surface area contributed by atoms with E-state index in [0.29, 0.717) is 17.5 Å². The summed E-state index contributed by atoms with van der Waals surface area (Å²) in [5.41, 5.74) is 3.15. The number of imide groups is 1. The predicted octanol–water partition coefficient (Wildman–Crippen LogP) is 5.28. The van der Waals surface area contributed by atoms with E-state index < -0.39 is 29.8 Å². The summed E-state index contributed by atoms with van der Waals surface area (Å²) in [7, 11) is 0. The van der Waals surface area contributed by atoms with Crippen molar-refractivity contribution in [2.24, 2.45) is 0 Å². The fourth-order valence-electron chi connectivity index (χ4n) is 5.89. The molecule has 1 unspecified atom stereocenters. The Morgan fingerprint density at radius 3 is 2.54 bits per heavy atom. The van der Waals surface area contributed by atoms with Gasteiger partial charge in [0.25, 0.3) is 0 Å². The number of hydrogen-bond donors (Lipinski definition) is 1. The molecule has 5 rings (SSSR count). The second-order valence-electron chi connectivity index (χ2n) is 9.93. The third-order valence-electron chi connectivity index (χ3n) is 7.81. The fourth-order valence-corrected chi connectivity index (χ4v) is 5.89. The lowest BCUT2D eigenvalue weighted by atomic mass is 9.80. The van der Waals surface area contributed by atoms with Crippen LogP contribution in [-0.2, 0) is 4.74 Å². The molecule has 2 aliphatic heterocycles. The lowest BCUT2D eigenvalue weighted by molar-refractivity contribution is 0.155. The van der Waals surface area contributed by atoms with Crippen LogP contribution in [-0.4, -0.2) is 53.7 Å². The topological polar surface area (TPSA) is 61.9 Å². The second kappa shape index (κ2) is 9.93. The molecule has 1 aliphatic carbocycles. The molecule has 0 spiro atoms. The first-order chi connectivity index (χ1) is 16.9. The Labute approximate surface area is 204 Å². The molecule has 6 nitrogen and oxygen atoms in total. The zero-order valence-electron chi connectivity index (χ0n) is 19.9. The number of halogens is 2. The van der Waals surface area contributed by atoms with Gasteiger partial charge >= 0.3 is 12.1 Å². The molecule has 1 saturated carbocycles. The maximum absolute atomic E-state index is 13.7. The first-order valence-corrected chi connectivity index (χ1v) is 12.4.